The molecule has 0 bridgehead atoms. The van der Waals surface area contributed by atoms with Gasteiger partial charge in [-0.25, -0.2) is 17.9 Å². The third kappa shape index (κ3) is 2.83. The summed E-state index contributed by atoms with van der Waals surface area (Å²) in [6.07, 6.45) is 1.04. The van der Waals surface area contributed by atoms with Crippen molar-refractivity contribution in [2.45, 2.75) is 20.4 Å². The number of aromatic nitrogens is 1. The molecule has 2 rings (SSSR count). The van der Waals surface area contributed by atoms with E-state index in [0.717, 1.165) is 22.8 Å². The molecule has 0 radical (unpaired) electrons. The van der Waals surface area contributed by atoms with Crippen molar-refractivity contribution < 1.29 is 18.3 Å². The van der Waals surface area contributed by atoms with Crippen molar-refractivity contribution in [1.29, 1.82) is 0 Å². The molecule has 6 nitrogen and oxygen atoms in total. The lowest BCUT2D eigenvalue weighted by molar-refractivity contribution is 0.0690. The molecule has 2 aromatic rings. The first-order valence-corrected chi connectivity index (χ1v) is 7.88. The van der Waals surface area contributed by atoms with E-state index in [1.165, 1.54) is 0 Å². The Balaban J connectivity index is 2.65. The van der Waals surface area contributed by atoms with Crippen molar-refractivity contribution in [1.82, 2.24) is 9.71 Å². The number of fused-ring (bicyclic) bond motifs is 1. The van der Waals surface area contributed by atoms with Gasteiger partial charge < -0.3 is 10.1 Å². The molecule has 20 heavy (non-hydrogen) atoms. The van der Waals surface area contributed by atoms with Crippen LogP contribution in [0.1, 0.15) is 27.2 Å². The summed E-state index contributed by atoms with van der Waals surface area (Å²) < 4.78 is 24.8. The molecule has 0 saturated carbocycles. The van der Waals surface area contributed by atoms with E-state index in [1.54, 1.807) is 0 Å². The third-order valence-electron chi connectivity index (χ3n) is 3.07. The summed E-state index contributed by atoms with van der Waals surface area (Å²) >= 11 is 0. The second-order valence-corrected chi connectivity index (χ2v) is 6.71. The van der Waals surface area contributed by atoms with Gasteiger partial charge in [0.15, 0.2) is 0 Å². The SMILES string of the molecule is Cc1cc(C)c2c(CNS(C)(=O)=O)c(C(=O)O)[nH]c2c1. The Hall–Kier alpha value is -1.86. The van der Waals surface area contributed by atoms with E-state index >= 15 is 0 Å². The predicted molar refractivity (Wildman–Crippen MR) is 76.4 cm³/mol. The fourth-order valence-corrected chi connectivity index (χ4v) is 2.77. The molecule has 1 heterocycles. The number of H-pyrrole nitrogens is 1. The standard InChI is InChI=1S/C13H16N2O4S/c1-7-4-8(2)11-9(6-14-20(3,18)19)12(13(16)17)15-10(11)5-7/h4-5,14-15H,6H2,1-3H3,(H,16,17). The highest BCUT2D eigenvalue weighted by Crippen LogP contribution is 2.27. The van der Waals surface area contributed by atoms with Gasteiger partial charge in [-0.2, -0.15) is 0 Å². The average molecular weight is 296 g/mol. The molecule has 1 aromatic carbocycles. The first-order chi connectivity index (χ1) is 9.19. The molecule has 7 heteroatoms. The number of aromatic carboxylic acids is 1. The molecule has 0 fully saturated rings. The number of aryl methyl sites for hydroxylation is 2. The van der Waals surface area contributed by atoms with E-state index in [9.17, 15) is 18.3 Å². The molecular formula is C13H16N2O4S. The number of carboxylic acid groups (broad SMARTS) is 1. The van der Waals surface area contributed by atoms with Crippen LogP contribution in [-0.2, 0) is 16.6 Å². The van der Waals surface area contributed by atoms with E-state index in [2.05, 4.69) is 9.71 Å². The number of hydrogen-bond acceptors (Lipinski definition) is 3. The van der Waals surface area contributed by atoms with E-state index in [0.29, 0.717) is 11.1 Å². The number of carbonyl (C=O) groups is 1. The molecule has 0 aliphatic carbocycles. The lowest BCUT2D eigenvalue weighted by Crippen LogP contribution is -2.22. The molecule has 0 unspecified atom stereocenters. The Morgan fingerprint density at radius 1 is 1.35 bits per heavy atom. The van der Waals surface area contributed by atoms with Crippen molar-refractivity contribution in [2.75, 3.05) is 6.26 Å². The number of rotatable bonds is 4. The Morgan fingerprint density at radius 2 is 2.00 bits per heavy atom. The lowest BCUT2D eigenvalue weighted by Gasteiger charge is -2.05. The molecule has 0 spiro atoms. The number of hydrogen-bond donors (Lipinski definition) is 3. The maximum absolute atomic E-state index is 11.3. The smallest absolute Gasteiger partial charge is 0.352 e. The number of sulfonamides is 1. The zero-order chi connectivity index (χ0) is 15.1. The first-order valence-electron chi connectivity index (χ1n) is 5.99. The normalized spacial score (nSPS) is 11.9. The molecule has 0 saturated heterocycles. The molecular weight excluding hydrogens is 280 g/mol. The fourth-order valence-electron chi connectivity index (χ4n) is 2.36. The molecule has 108 valence electrons. The Bertz CT molecular complexity index is 790. The summed E-state index contributed by atoms with van der Waals surface area (Å²) in [6.45, 7) is 3.74. The van der Waals surface area contributed by atoms with Gasteiger partial charge in [-0.3, -0.25) is 0 Å². The van der Waals surface area contributed by atoms with E-state index in [1.807, 2.05) is 26.0 Å². The number of nitrogens with one attached hydrogen (secondary N) is 2. The first kappa shape index (κ1) is 14.5. The van der Waals surface area contributed by atoms with Crippen molar-refractivity contribution in [3.8, 4) is 0 Å². The van der Waals surface area contributed by atoms with Gasteiger partial charge >= 0.3 is 5.97 Å². The van der Waals surface area contributed by atoms with E-state index in [-0.39, 0.29) is 12.2 Å². The zero-order valence-electron chi connectivity index (χ0n) is 11.4. The van der Waals surface area contributed by atoms with Gasteiger partial charge in [0.1, 0.15) is 5.69 Å². The topological polar surface area (TPSA) is 99.3 Å². The fraction of sp³-hybridized carbons (Fsp3) is 0.308. The summed E-state index contributed by atoms with van der Waals surface area (Å²) in [6, 6.07) is 3.78. The van der Waals surface area contributed by atoms with Gasteiger partial charge in [0, 0.05) is 23.0 Å². The highest BCUT2D eigenvalue weighted by Gasteiger charge is 2.19. The van der Waals surface area contributed by atoms with Gasteiger partial charge in [-0.1, -0.05) is 6.07 Å². The lowest BCUT2D eigenvalue weighted by atomic mass is 10.0. The summed E-state index contributed by atoms with van der Waals surface area (Å²) in [5, 5.41) is 10.0. The minimum Gasteiger partial charge on any atom is -0.477 e. The van der Waals surface area contributed by atoms with Crippen molar-refractivity contribution in [3.63, 3.8) is 0 Å². The van der Waals surface area contributed by atoms with Crippen molar-refractivity contribution in [2.24, 2.45) is 0 Å². The maximum atomic E-state index is 11.3. The highest BCUT2D eigenvalue weighted by atomic mass is 32.2. The van der Waals surface area contributed by atoms with Crippen LogP contribution in [0.25, 0.3) is 10.9 Å². The predicted octanol–water partition coefficient (Wildman–Crippen LogP) is 1.53. The molecule has 0 amide bonds. The van der Waals surface area contributed by atoms with Crippen molar-refractivity contribution >= 4 is 26.9 Å². The van der Waals surface area contributed by atoms with Crippen LogP contribution in [0.4, 0.5) is 0 Å². The van der Waals surface area contributed by atoms with Crippen LogP contribution in [0.15, 0.2) is 12.1 Å². The summed E-state index contributed by atoms with van der Waals surface area (Å²) in [5.41, 5.74) is 3.09. The van der Waals surface area contributed by atoms with Gasteiger partial charge in [0.25, 0.3) is 0 Å². The largest absolute Gasteiger partial charge is 0.477 e. The van der Waals surface area contributed by atoms with Crippen LogP contribution in [0, 0.1) is 13.8 Å². The van der Waals surface area contributed by atoms with Crippen molar-refractivity contribution in [3.05, 3.63) is 34.5 Å². The van der Waals surface area contributed by atoms with Crippen LogP contribution in [-0.4, -0.2) is 30.7 Å². The van der Waals surface area contributed by atoms with Crippen LogP contribution in [0.5, 0.6) is 0 Å². The monoisotopic (exact) mass is 296 g/mol. The van der Waals surface area contributed by atoms with Gasteiger partial charge in [-0.05, 0) is 31.0 Å². The second kappa shape index (κ2) is 4.92. The van der Waals surface area contributed by atoms with E-state index in [4.69, 9.17) is 0 Å². The van der Waals surface area contributed by atoms with Gasteiger partial charge in [0.2, 0.25) is 10.0 Å². The van der Waals surface area contributed by atoms with Gasteiger partial charge in [-0.15, -0.1) is 0 Å². The quantitative estimate of drug-likeness (QED) is 0.796. The minimum absolute atomic E-state index is 0.0184. The van der Waals surface area contributed by atoms with E-state index < -0.39 is 16.0 Å². The summed E-state index contributed by atoms with van der Waals surface area (Å²) in [4.78, 5) is 14.2. The average Bonchev–Trinajstić information content (AvgIpc) is 2.64. The summed E-state index contributed by atoms with van der Waals surface area (Å²) in [7, 11) is -3.39. The Labute approximate surface area is 116 Å². The molecule has 1 aromatic heterocycles. The van der Waals surface area contributed by atoms with Crippen LogP contribution >= 0.6 is 0 Å². The highest BCUT2D eigenvalue weighted by molar-refractivity contribution is 7.88. The maximum Gasteiger partial charge on any atom is 0.352 e. The number of carboxylic acids is 1. The third-order valence-corrected chi connectivity index (χ3v) is 3.74. The molecule has 0 atom stereocenters. The molecule has 0 aliphatic rings. The van der Waals surface area contributed by atoms with Crippen LogP contribution < -0.4 is 4.72 Å². The minimum atomic E-state index is -3.39. The second-order valence-electron chi connectivity index (χ2n) is 4.88. The Morgan fingerprint density at radius 3 is 2.55 bits per heavy atom. The van der Waals surface area contributed by atoms with Crippen LogP contribution in [0.3, 0.4) is 0 Å². The van der Waals surface area contributed by atoms with Gasteiger partial charge in [0.05, 0.1) is 6.26 Å². The number of aromatic amines is 1. The van der Waals surface area contributed by atoms with Crippen LogP contribution in [0.2, 0.25) is 0 Å². The zero-order valence-corrected chi connectivity index (χ0v) is 12.3. The Kier molecular flexibility index (Phi) is 3.58. The number of benzene rings is 1. The molecule has 3 N–H and O–H groups in total. The summed E-state index contributed by atoms with van der Waals surface area (Å²) in [5.74, 6) is -1.11. The molecule has 0 aliphatic heterocycles.